The predicted molar refractivity (Wildman–Crippen MR) is 96.3 cm³/mol. The molecule has 24 heavy (non-hydrogen) atoms. The van der Waals surface area contributed by atoms with E-state index in [1.54, 1.807) is 18.2 Å². The molecule has 0 spiro atoms. The molecule has 0 radical (unpaired) electrons. The van der Waals surface area contributed by atoms with Crippen LogP contribution in [0.4, 0.5) is 14.9 Å². The Morgan fingerprint density at radius 2 is 1.75 bits per heavy atom. The molecule has 1 fully saturated rings. The molecule has 0 unspecified atom stereocenters. The third-order valence-corrected chi connectivity index (χ3v) is 4.93. The zero-order valence-corrected chi connectivity index (χ0v) is 14.8. The molecule has 2 aromatic carbocycles. The van der Waals surface area contributed by atoms with E-state index < -0.39 is 17.0 Å². The average molecular weight is 403 g/mol. The van der Waals surface area contributed by atoms with Crippen molar-refractivity contribution in [2.75, 3.05) is 4.90 Å². The number of rotatable bonds is 2. The lowest BCUT2D eigenvalue weighted by Gasteiger charge is -2.12. The minimum Gasteiger partial charge on any atom is -0.268 e. The molecular weight excluding hydrogens is 396 g/mol. The Labute approximate surface area is 156 Å². The van der Waals surface area contributed by atoms with Crippen molar-refractivity contribution in [1.82, 2.24) is 0 Å². The van der Waals surface area contributed by atoms with Crippen molar-refractivity contribution in [1.29, 1.82) is 0 Å². The van der Waals surface area contributed by atoms with Gasteiger partial charge in [0, 0.05) is 10.0 Å². The molecule has 0 saturated carbocycles. The molecule has 0 aliphatic carbocycles. The van der Waals surface area contributed by atoms with Crippen molar-refractivity contribution in [2.45, 2.75) is 0 Å². The molecule has 8 heteroatoms. The Kier molecular flexibility index (Phi) is 4.88. The number of carbonyl (C=O) groups is 2. The molecule has 0 aromatic heterocycles. The summed E-state index contributed by atoms with van der Waals surface area (Å²) >= 11 is 18.4. The Bertz CT molecular complexity index is 901. The molecule has 2 aromatic rings. The fraction of sp³-hybridized carbons (Fsp3) is 0. The number of hydrogen-bond donors (Lipinski definition) is 0. The number of carbonyl (C=O) groups excluding carboxylic acids is 2. The normalized spacial score (nSPS) is 16.3. The van der Waals surface area contributed by atoms with Crippen LogP contribution in [0.15, 0.2) is 41.3 Å². The van der Waals surface area contributed by atoms with Gasteiger partial charge in [-0.05, 0) is 53.7 Å². The molecule has 1 aliphatic rings. The van der Waals surface area contributed by atoms with Gasteiger partial charge < -0.3 is 0 Å². The first-order chi connectivity index (χ1) is 11.4. The molecule has 1 heterocycles. The number of imide groups is 1. The Balaban J connectivity index is 1.96. The standard InChI is InChI=1S/C16H7Cl3FNO2S/c17-9-2-1-8(11(18)6-9)5-14-15(22)21(16(23)24-14)10-3-4-13(20)12(19)7-10/h1-7H/b14-5-. The highest BCUT2D eigenvalue weighted by atomic mass is 35.5. The number of anilines is 1. The van der Waals surface area contributed by atoms with Gasteiger partial charge in [-0.25, -0.2) is 9.29 Å². The van der Waals surface area contributed by atoms with Gasteiger partial charge in [-0.2, -0.15) is 0 Å². The zero-order valence-electron chi connectivity index (χ0n) is 11.7. The summed E-state index contributed by atoms with van der Waals surface area (Å²) in [5.74, 6) is -1.16. The maximum absolute atomic E-state index is 13.3. The number of thioether (sulfide) groups is 1. The fourth-order valence-corrected chi connectivity index (χ4v) is 3.54. The van der Waals surface area contributed by atoms with Crippen LogP contribution in [0.5, 0.6) is 0 Å². The second-order valence-electron chi connectivity index (χ2n) is 4.78. The number of nitrogens with zero attached hydrogens (tertiary/aromatic N) is 1. The highest BCUT2D eigenvalue weighted by molar-refractivity contribution is 8.19. The zero-order chi connectivity index (χ0) is 17.4. The quantitative estimate of drug-likeness (QED) is 0.576. The first kappa shape index (κ1) is 17.3. The summed E-state index contributed by atoms with van der Waals surface area (Å²) in [4.78, 5) is 25.8. The van der Waals surface area contributed by atoms with Crippen LogP contribution in [0.25, 0.3) is 6.08 Å². The molecule has 1 aliphatic heterocycles. The van der Waals surface area contributed by atoms with E-state index in [1.807, 2.05) is 0 Å². The van der Waals surface area contributed by atoms with Crippen molar-refractivity contribution in [3.8, 4) is 0 Å². The lowest BCUT2D eigenvalue weighted by molar-refractivity contribution is -0.113. The Morgan fingerprint density at radius 1 is 1.00 bits per heavy atom. The van der Waals surface area contributed by atoms with Gasteiger partial charge in [0.05, 0.1) is 15.6 Å². The van der Waals surface area contributed by atoms with Gasteiger partial charge in [0.1, 0.15) is 5.82 Å². The van der Waals surface area contributed by atoms with Crippen LogP contribution in [0, 0.1) is 5.82 Å². The van der Waals surface area contributed by atoms with Gasteiger partial charge in [0.15, 0.2) is 0 Å². The summed E-state index contributed by atoms with van der Waals surface area (Å²) in [6.45, 7) is 0. The smallest absolute Gasteiger partial charge is 0.268 e. The minimum atomic E-state index is -0.629. The van der Waals surface area contributed by atoms with Gasteiger partial charge in [-0.3, -0.25) is 9.59 Å². The van der Waals surface area contributed by atoms with E-state index >= 15 is 0 Å². The van der Waals surface area contributed by atoms with Crippen molar-refractivity contribution < 1.29 is 14.0 Å². The van der Waals surface area contributed by atoms with E-state index in [0.717, 1.165) is 22.7 Å². The Hall–Kier alpha value is -1.53. The third kappa shape index (κ3) is 3.30. The summed E-state index contributed by atoms with van der Waals surface area (Å²) in [7, 11) is 0. The number of halogens is 4. The van der Waals surface area contributed by atoms with Crippen LogP contribution in [0.1, 0.15) is 5.56 Å². The van der Waals surface area contributed by atoms with E-state index in [9.17, 15) is 14.0 Å². The molecule has 122 valence electrons. The van der Waals surface area contributed by atoms with Crippen LogP contribution in [-0.4, -0.2) is 11.1 Å². The van der Waals surface area contributed by atoms with Gasteiger partial charge in [0.2, 0.25) is 0 Å². The summed E-state index contributed by atoms with van der Waals surface area (Å²) < 4.78 is 13.3. The van der Waals surface area contributed by atoms with Crippen LogP contribution in [-0.2, 0) is 4.79 Å². The second kappa shape index (κ2) is 6.76. The second-order valence-corrected chi connectivity index (χ2v) is 7.03. The lowest BCUT2D eigenvalue weighted by atomic mass is 10.2. The van der Waals surface area contributed by atoms with Gasteiger partial charge in [-0.15, -0.1) is 0 Å². The Morgan fingerprint density at radius 3 is 2.42 bits per heavy atom. The predicted octanol–water partition coefficient (Wildman–Crippen LogP) is 6.03. The lowest BCUT2D eigenvalue weighted by Crippen LogP contribution is -2.27. The van der Waals surface area contributed by atoms with Crippen LogP contribution < -0.4 is 4.90 Å². The minimum absolute atomic E-state index is 0.170. The summed E-state index contributed by atoms with van der Waals surface area (Å²) in [6, 6.07) is 8.46. The van der Waals surface area contributed by atoms with Crippen molar-refractivity contribution >= 4 is 69.5 Å². The van der Waals surface area contributed by atoms with E-state index in [4.69, 9.17) is 34.8 Å². The highest BCUT2D eigenvalue weighted by Gasteiger charge is 2.36. The molecular formula is C16H7Cl3FNO2S. The molecule has 2 amide bonds. The van der Waals surface area contributed by atoms with E-state index in [2.05, 4.69) is 0 Å². The molecule has 1 saturated heterocycles. The average Bonchev–Trinajstić information content (AvgIpc) is 2.79. The summed E-state index contributed by atoms with van der Waals surface area (Å²) in [5, 5.41) is 0.153. The molecule has 3 rings (SSSR count). The van der Waals surface area contributed by atoms with Crippen LogP contribution in [0.3, 0.4) is 0 Å². The van der Waals surface area contributed by atoms with E-state index in [0.29, 0.717) is 15.6 Å². The largest absolute Gasteiger partial charge is 0.298 e. The number of amides is 2. The summed E-state index contributed by atoms with van der Waals surface area (Å²) in [5.41, 5.74) is 0.762. The fourth-order valence-electron chi connectivity index (χ4n) is 2.07. The third-order valence-electron chi connectivity index (χ3n) is 3.20. The number of hydrogen-bond acceptors (Lipinski definition) is 3. The first-order valence-corrected chi connectivity index (χ1v) is 8.50. The van der Waals surface area contributed by atoms with E-state index in [1.165, 1.54) is 18.2 Å². The molecule has 0 bridgehead atoms. The van der Waals surface area contributed by atoms with Crippen LogP contribution in [0.2, 0.25) is 15.1 Å². The summed E-state index contributed by atoms with van der Waals surface area (Å²) in [6.07, 6.45) is 1.51. The van der Waals surface area contributed by atoms with Crippen molar-refractivity contribution in [3.63, 3.8) is 0 Å². The van der Waals surface area contributed by atoms with E-state index in [-0.39, 0.29) is 15.6 Å². The SMILES string of the molecule is O=C1S/C(=C\c2ccc(Cl)cc2Cl)C(=O)N1c1ccc(F)c(Cl)c1. The maximum atomic E-state index is 13.3. The molecule has 0 N–H and O–H groups in total. The van der Waals surface area contributed by atoms with Gasteiger partial charge in [-0.1, -0.05) is 40.9 Å². The maximum Gasteiger partial charge on any atom is 0.298 e. The van der Waals surface area contributed by atoms with Crippen molar-refractivity contribution in [2.24, 2.45) is 0 Å². The highest BCUT2D eigenvalue weighted by Crippen LogP contribution is 2.37. The van der Waals surface area contributed by atoms with Gasteiger partial charge >= 0.3 is 0 Å². The molecule has 0 atom stereocenters. The van der Waals surface area contributed by atoms with Crippen LogP contribution >= 0.6 is 46.6 Å². The first-order valence-electron chi connectivity index (χ1n) is 6.55. The number of benzene rings is 2. The monoisotopic (exact) mass is 401 g/mol. The molecule has 3 nitrogen and oxygen atoms in total. The van der Waals surface area contributed by atoms with Gasteiger partial charge in [0.25, 0.3) is 11.1 Å². The topological polar surface area (TPSA) is 37.4 Å². The van der Waals surface area contributed by atoms with Crippen molar-refractivity contribution in [3.05, 3.63) is 67.8 Å².